The monoisotopic (exact) mass is 399 g/mol. The third-order valence-electron chi connectivity index (χ3n) is 6.08. The van der Waals surface area contributed by atoms with Crippen molar-refractivity contribution < 1.29 is 13.6 Å². The fraction of sp³-hybridized carbons (Fsp3) is 0.476. The number of anilines is 4. The molecule has 8 heteroatoms. The molecule has 29 heavy (non-hydrogen) atoms. The lowest BCUT2D eigenvalue weighted by Crippen LogP contribution is -2.27. The van der Waals surface area contributed by atoms with Gasteiger partial charge in [-0.05, 0) is 37.5 Å². The van der Waals surface area contributed by atoms with Crippen LogP contribution in [0.1, 0.15) is 37.3 Å². The molecule has 0 radical (unpaired) electrons. The summed E-state index contributed by atoms with van der Waals surface area (Å²) in [7, 11) is 0. The Hall–Kier alpha value is -2.77. The number of rotatable bonds is 3. The van der Waals surface area contributed by atoms with Crippen molar-refractivity contribution in [3.63, 3.8) is 0 Å². The highest BCUT2D eigenvalue weighted by molar-refractivity contribution is 5.89. The molecule has 3 aliphatic rings. The Morgan fingerprint density at radius 2 is 1.90 bits per heavy atom. The van der Waals surface area contributed by atoms with Gasteiger partial charge in [0.1, 0.15) is 17.5 Å². The molecule has 2 aliphatic heterocycles. The maximum atomic E-state index is 13.7. The van der Waals surface area contributed by atoms with E-state index in [-0.39, 0.29) is 24.3 Å². The minimum Gasteiger partial charge on any atom is -0.350 e. The van der Waals surface area contributed by atoms with Crippen molar-refractivity contribution in [2.75, 3.05) is 34.8 Å². The van der Waals surface area contributed by atoms with Crippen molar-refractivity contribution in [2.45, 2.75) is 44.4 Å². The second kappa shape index (κ2) is 6.11. The molecule has 0 aromatic carbocycles. The van der Waals surface area contributed by atoms with E-state index in [0.29, 0.717) is 18.2 Å². The molecule has 5 rings (SSSR count). The predicted molar refractivity (Wildman–Crippen MR) is 107 cm³/mol. The Balaban J connectivity index is 1.53. The van der Waals surface area contributed by atoms with Crippen molar-refractivity contribution in [1.29, 1.82) is 0 Å². The summed E-state index contributed by atoms with van der Waals surface area (Å²) in [6.45, 7) is 4.22. The Kier molecular flexibility index (Phi) is 3.85. The standard InChI is InChI=1S/C21H23F2N5O/c1-13-7-18(27-6-5-21(22,23)12-27)26-19(8-13)28-11-20(3-4-20)15-10-24-17(9-16(15)28)25-14(2)29/h7-10H,3-6,11-12H2,1-2H3,(H,24,25,29). The average molecular weight is 399 g/mol. The first-order chi connectivity index (χ1) is 13.7. The molecule has 0 bridgehead atoms. The molecule has 2 fully saturated rings. The van der Waals surface area contributed by atoms with Gasteiger partial charge in [-0.1, -0.05) is 0 Å². The minimum atomic E-state index is -2.66. The van der Waals surface area contributed by atoms with E-state index in [1.165, 1.54) is 12.5 Å². The van der Waals surface area contributed by atoms with Crippen molar-refractivity contribution in [1.82, 2.24) is 9.97 Å². The van der Waals surface area contributed by atoms with Crippen molar-refractivity contribution in [2.24, 2.45) is 0 Å². The van der Waals surface area contributed by atoms with Crippen LogP contribution in [0.3, 0.4) is 0 Å². The molecule has 1 spiro atoms. The summed E-state index contributed by atoms with van der Waals surface area (Å²) >= 11 is 0. The van der Waals surface area contributed by atoms with E-state index in [9.17, 15) is 13.6 Å². The molecule has 1 amide bonds. The number of amides is 1. The van der Waals surface area contributed by atoms with Gasteiger partial charge in [0.25, 0.3) is 5.92 Å². The Morgan fingerprint density at radius 3 is 2.55 bits per heavy atom. The van der Waals surface area contributed by atoms with E-state index >= 15 is 0 Å². The first kappa shape index (κ1) is 18.3. The van der Waals surface area contributed by atoms with E-state index in [2.05, 4.69) is 15.2 Å². The fourth-order valence-electron chi connectivity index (χ4n) is 4.44. The van der Waals surface area contributed by atoms with Crippen LogP contribution < -0.4 is 15.1 Å². The Morgan fingerprint density at radius 1 is 1.14 bits per heavy atom. The number of halogens is 2. The first-order valence-electron chi connectivity index (χ1n) is 9.92. The minimum absolute atomic E-state index is 0.0867. The smallest absolute Gasteiger partial charge is 0.266 e. The van der Waals surface area contributed by atoms with Crippen LogP contribution in [0, 0.1) is 6.92 Å². The number of nitrogens with zero attached hydrogens (tertiary/aromatic N) is 4. The molecule has 1 saturated carbocycles. The molecule has 2 aromatic rings. The van der Waals surface area contributed by atoms with Crippen LogP contribution in [0.25, 0.3) is 0 Å². The van der Waals surface area contributed by atoms with Crippen molar-refractivity contribution >= 4 is 29.0 Å². The average Bonchev–Trinajstić information content (AvgIpc) is 3.22. The number of alkyl halides is 2. The second-order valence-electron chi connectivity index (χ2n) is 8.52. The number of nitrogens with one attached hydrogen (secondary N) is 1. The summed E-state index contributed by atoms with van der Waals surface area (Å²) in [6.07, 6.45) is 3.90. The number of hydrogen-bond donors (Lipinski definition) is 1. The molecule has 1 saturated heterocycles. The topological polar surface area (TPSA) is 61.4 Å². The largest absolute Gasteiger partial charge is 0.350 e. The van der Waals surface area contributed by atoms with Gasteiger partial charge in [-0.3, -0.25) is 4.79 Å². The Bertz CT molecular complexity index is 1000. The van der Waals surface area contributed by atoms with Crippen LogP contribution in [0.15, 0.2) is 24.4 Å². The molecule has 6 nitrogen and oxygen atoms in total. The lowest BCUT2D eigenvalue weighted by molar-refractivity contribution is -0.114. The number of carbonyl (C=O) groups excluding carboxylic acids is 1. The summed E-state index contributed by atoms with van der Waals surface area (Å²) < 4.78 is 27.4. The first-order valence-corrected chi connectivity index (χ1v) is 9.92. The summed E-state index contributed by atoms with van der Waals surface area (Å²) in [5, 5.41) is 2.74. The van der Waals surface area contributed by atoms with Crippen LogP contribution in [0.2, 0.25) is 0 Å². The van der Waals surface area contributed by atoms with Crippen LogP contribution in [0.5, 0.6) is 0 Å². The third kappa shape index (κ3) is 3.20. The highest BCUT2D eigenvalue weighted by Crippen LogP contribution is 2.58. The Labute approximate surface area is 167 Å². The van der Waals surface area contributed by atoms with Gasteiger partial charge in [0.15, 0.2) is 0 Å². The lowest BCUT2D eigenvalue weighted by atomic mass is 10.0. The number of carbonyl (C=O) groups is 1. The number of hydrogen-bond acceptors (Lipinski definition) is 5. The van der Waals surface area contributed by atoms with Gasteiger partial charge in [0.2, 0.25) is 5.91 Å². The highest BCUT2D eigenvalue weighted by Gasteiger charge is 2.52. The molecule has 4 heterocycles. The lowest BCUT2D eigenvalue weighted by Gasteiger charge is -2.23. The van der Waals surface area contributed by atoms with Gasteiger partial charge in [-0.25, -0.2) is 18.7 Å². The number of aryl methyl sites for hydroxylation is 1. The summed E-state index contributed by atoms with van der Waals surface area (Å²) in [5.41, 5.74) is 3.22. The molecule has 0 unspecified atom stereocenters. The normalized spacial score (nSPS) is 20.8. The fourth-order valence-corrected chi connectivity index (χ4v) is 4.44. The highest BCUT2D eigenvalue weighted by atomic mass is 19.3. The quantitative estimate of drug-likeness (QED) is 0.851. The van der Waals surface area contributed by atoms with Gasteiger partial charge >= 0.3 is 0 Å². The molecular weight excluding hydrogens is 376 g/mol. The molecule has 0 atom stereocenters. The van der Waals surface area contributed by atoms with Crippen LogP contribution >= 0.6 is 0 Å². The van der Waals surface area contributed by atoms with Gasteiger partial charge in [0, 0.05) is 49.7 Å². The molecule has 1 aliphatic carbocycles. The molecule has 152 valence electrons. The zero-order valence-corrected chi connectivity index (χ0v) is 16.5. The van der Waals surface area contributed by atoms with Crippen molar-refractivity contribution in [3.8, 4) is 0 Å². The summed E-state index contributed by atoms with van der Waals surface area (Å²) in [6, 6.07) is 5.74. The second-order valence-corrected chi connectivity index (χ2v) is 8.52. The number of fused-ring (bicyclic) bond motifs is 2. The zero-order chi connectivity index (χ0) is 20.4. The SMILES string of the molecule is CC(=O)Nc1cc2c(cn1)C1(CC1)CN2c1cc(C)cc(N2CCC(F)(F)C2)n1. The van der Waals surface area contributed by atoms with Crippen LogP contribution in [-0.4, -0.2) is 41.4 Å². The van der Waals surface area contributed by atoms with E-state index < -0.39 is 5.92 Å². The maximum absolute atomic E-state index is 13.7. The number of pyridine rings is 2. The maximum Gasteiger partial charge on any atom is 0.266 e. The van der Waals surface area contributed by atoms with E-state index in [1.54, 1.807) is 4.90 Å². The summed E-state index contributed by atoms with van der Waals surface area (Å²) in [5.74, 6) is -0.991. The van der Waals surface area contributed by atoms with Gasteiger partial charge in [-0.2, -0.15) is 0 Å². The molecular formula is C21H23F2N5O. The van der Waals surface area contributed by atoms with Gasteiger partial charge in [-0.15, -0.1) is 0 Å². The summed E-state index contributed by atoms with van der Waals surface area (Å²) in [4.78, 5) is 24.4. The third-order valence-corrected chi connectivity index (χ3v) is 6.08. The van der Waals surface area contributed by atoms with Crippen molar-refractivity contribution in [3.05, 3.63) is 35.5 Å². The predicted octanol–water partition coefficient (Wildman–Crippen LogP) is 3.77. The van der Waals surface area contributed by atoms with E-state index in [1.807, 2.05) is 31.3 Å². The van der Waals surface area contributed by atoms with E-state index in [4.69, 9.17) is 4.98 Å². The van der Waals surface area contributed by atoms with Gasteiger partial charge < -0.3 is 15.1 Å². The van der Waals surface area contributed by atoms with E-state index in [0.717, 1.165) is 36.5 Å². The zero-order valence-electron chi connectivity index (χ0n) is 16.5. The molecule has 2 aromatic heterocycles. The van der Waals surface area contributed by atoms with Gasteiger partial charge in [0.05, 0.1) is 12.2 Å². The van der Waals surface area contributed by atoms with Crippen LogP contribution in [-0.2, 0) is 10.2 Å². The number of aromatic nitrogens is 2. The molecule has 1 N–H and O–H groups in total. The van der Waals surface area contributed by atoms with Crippen LogP contribution in [0.4, 0.5) is 31.9 Å².